The van der Waals surface area contributed by atoms with Gasteiger partial charge in [-0.05, 0) is 104 Å². The van der Waals surface area contributed by atoms with Crippen LogP contribution in [0.15, 0.2) is 115 Å². The SMILES string of the molecule is CC(C)(O)C(C)(C)O[B]c1c2ccccc2c(-c2ccc3c4ccccc4c4ccccc4c3c2)c2ccccc12. The maximum absolute atomic E-state index is 10.7. The van der Waals surface area contributed by atoms with Crippen molar-refractivity contribution in [2.75, 3.05) is 0 Å². The highest BCUT2D eigenvalue weighted by atomic mass is 16.5. The third-order valence-electron chi connectivity index (χ3n) is 8.95. The van der Waals surface area contributed by atoms with E-state index >= 15 is 0 Å². The Morgan fingerprint density at radius 3 is 1.34 bits per heavy atom. The fourth-order valence-corrected chi connectivity index (χ4v) is 6.01. The van der Waals surface area contributed by atoms with Crippen LogP contribution < -0.4 is 5.46 Å². The van der Waals surface area contributed by atoms with E-state index in [0.29, 0.717) is 0 Å². The second kappa shape index (κ2) is 9.44. The summed E-state index contributed by atoms with van der Waals surface area (Å²) in [6, 6.07) is 41.5. The number of benzene rings is 7. The van der Waals surface area contributed by atoms with Crippen LogP contribution in [0.2, 0.25) is 0 Å². The number of hydrogen-bond donors (Lipinski definition) is 1. The Balaban J connectivity index is 1.51. The molecule has 7 aromatic rings. The fraction of sp³-hybridized carbons (Fsp3) is 0.158. The third kappa shape index (κ3) is 4.11. The quantitative estimate of drug-likeness (QED) is 0.137. The molecule has 0 aliphatic heterocycles. The molecule has 0 unspecified atom stereocenters. The molecule has 1 N–H and O–H groups in total. The zero-order valence-corrected chi connectivity index (χ0v) is 23.9. The van der Waals surface area contributed by atoms with Gasteiger partial charge < -0.3 is 9.76 Å². The van der Waals surface area contributed by atoms with Gasteiger partial charge in [0.2, 0.25) is 0 Å². The molecule has 0 aliphatic rings. The first-order valence-corrected chi connectivity index (χ1v) is 14.2. The van der Waals surface area contributed by atoms with E-state index in [-0.39, 0.29) is 0 Å². The van der Waals surface area contributed by atoms with Gasteiger partial charge in [-0.25, -0.2) is 0 Å². The van der Waals surface area contributed by atoms with E-state index in [9.17, 15) is 5.11 Å². The Hall–Kier alpha value is -4.18. The highest BCUT2D eigenvalue weighted by Gasteiger charge is 2.36. The molecule has 0 spiro atoms. The number of fused-ring (bicyclic) bond motifs is 8. The van der Waals surface area contributed by atoms with Crippen LogP contribution in [0.5, 0.6) is 0 Å². The minimum absolute atomic E-state index is 0.768. The summed E-state index contributed by atoms with van der Waals surface area (Å²) < 4.78 is 6.31. The Morgan fingerprint density at radius 2 is 0.878 bits per heavy atom. The monoisotopic (exact) mass is 531 g/mol. The van der Waals surface area contributed by atoms with Crippen molar-refractivity contribution in [2.24, 2.45) is 0 Å². The van der Waals surface area contributed by atoms with Crippen molar-refractivity contribution in [3.05, 3.63) is 115 Å². The smallest absolute Gasteiger partial charge is 0.332 e. The van der Waals surface area contributed by atoms with E-state index < -0.39 is 11.2 Å². The molecule has 1 radical (unpaired) electrons. The number of aliphatic hydroxyl groups is 1. The van der Waals surface area contributed by atoms with Crippen LogP contribution in [0.1, 0.15) is 27.7 Å². The molecule has 7 aromatic carbocycles. The van der Waals surface area contributed by atoms with Crippen LogP contribution in [0.25, 0.3) is 65.0 Å². The first-order chi connectivity index (χ1) is 19.7. The Bertz CT molecular complexity index is 2030. The highest BCUT2D eigenvalue weighted by molar-refractivity contribution is 6.57. The van der Waals surface area contributed by atoms with Crippen LogP contribution in [0.3, 0.4) is 0 Å². The van der Waals surface area contributed by atoms with Gasteiger partial charge in [0.25, 0.3) is 0 Å². The van der Waals surface area contributed by atoms with Gasteiger partial charge in [-0.15, -0.1) is 0 Å². The Kier molecular flexibility index (Phi) is 5.94. The summed E-state index contributed by atoms with van der Waals surface area (Å²) in [4.78, 5) is 0. The lowest BCUT2D eigenvalue weighted by Crippen LogP contribution is -2.49. The zero-order chi connectivity index (χ0) is 28.4. The molecule has 0 amide bonds. The summed E-state index contributed by atoms with van der Waals surface area (Å²) in [5.74, 6) is 0. The number of rotatable bonds is 5. The summed E-state index contributed by atoms with van der Waals surface area (Å²) in [5, 5.41) is 22.9. The molecule has 0 heterocycles. The first-order valence-electron chi connectivity index (χ1n) is 14.2. The predicted molar refractivity (Wildman–Crippen MR) is 176 cm³/mol. The summed E-state index contributed by atoms with van der Waals surface area (Å²) in [6.07, 6.45) is 0. The van der Waals surface area contributed by atoms with Crippen LogP contribution >= 0.6 is 0 Å². The standard InChI is InChI=1S/C38H32BO2/c1-37(2,40)38(3,4)41-39-36-32-19-11-9-17-30(32)35(31-18-10-12-20-33(31)36)24-21-22-29-27-15-6-5-13-25(27)26-14-7-8-16-28(26)34(29)23-24/h5-23,40H,1-4H3. The van der Waals surface area contributed by atoms with Gasteiger partial charge in [0, 0.05) is 0 Å². The first kappa shape index (κ1) is 25.8. The molecule has 0 atom stereocenters. The van der Waals surface area contributed by atoms with Crippen LogP contribution in [0.4, 0.5) is 0 Å². The van der Waals surface area contributed by atoms with Gasteiger partial charge in [0.1, 0.15) is 0 Å². The van der Waals surface area contributed by atoms with Crippen LogP contribution in [0, 0.1) is 0 Å². The molecule has 0 saturated carbocycles. The van der Waals surface area contributed by atoms with E-state index in [1.165, 1.54) is 54.2 Å². The summed E-state index contributed by atoms with van der Waals surface area (Å²) in [7, 11) is 1.84. The van der Waals surface area contributed by atoms with Crippen molar-refractivity contribution < 1.29 is 9.76 Å². The largest absolute Gasteiger partial charge is 0.427 e. The molecule has 3 heteroatoms. The molecule has 0 saturated heterocycles. The van der Waals surface area contributed by atoms with Gasteiger partial charge in [0.15, 0.2) is 0 Å². The molecule has 7 rings (SSSR count). The van der Waals surface area contributed by atoms with Gasteiger partial charge in [-0.3, -0.25) is 0 Å². The molecular weight excluding hydrogens is 499 g/mol. The van der Waals surface area contributed by atoms with Gasteiger partial charge in [-0.2, -0.15) is 0 Å². The van der Waals surface area contributed by atoms with Crippen LogP contribution in [-0.4, -0.2) is 23.8 Å². The maximum Gasteiger partial charge on any atom is 0.332 e. The third-order valence-corrected chi connectivity index (χ3v) is 8.95. The lowest BCUT2D eigenvalue weighted by atomic mass is 9.75. The van der Waals surface area contributed by atoms with Crippen molar-refractivity contribution in [2.45, 2.75) is 38.9 Å². The predicted octanol–water partition coefficient (Wildman–Crippen LogP) is 8.93. The zero-order valence-electron chi connectivity index (χ0n) is 23.9. The molecule has 199 valence electrons. The van der Waals surface area contributed by atoms with Gasteiger partial charge >= 0.3 is 7.48 Å². The molecular formula is C38H32BO2. The van der Waals surface area contributed by atoms with E-state index in [0.717, 1.165) is 16.2 Å². The molecule has 0 bridgehead atoms. The Morgan fingerprint density at radius 1 is 0.488 bits per heavy atom. The van der Waals surface area contributed by atoms with Crippen molar-refractivity contribution in [3.63, 3.8) is 0 Å². The number of hydrogen-bond acceptors (Lipinski definition) is 2. The second-order valence-corrected chi connectivity index (χ2v) is 12.0. The van der Waals surface area contributed by atoms with E-state index in [2.05, 4.69) is 115 Å². The Labute approximate surface area is 241 Å². The highest BCUT2D eigenvalue weighted by Crippen LogP contribution is 2.40. The van der Waals surface area contributed by atoms with Crippen molar-refractivity contribution in [1.82, 2.24) is 0 Å². The van der Waals surface area contributed by atoms with Gasteiger partial charge in [-0.1, -0.05) is 109 Å². The van der Waals surface area contributed by atoms with Gasteiger partial charge in [0.05, 0.1) is 11.2 Å². The van der Waals surface area contributed by atoms with E-state index in [1.54, 1.807) is 13.8 Å². The normalized spacial score (nSPS) is 12.6. The molecule has 2 nitrogen and oxygen atoms in total. The molecule has 0 aliphatic carbocycles. The lowest BCUT2D eigenvalue weighted by Gasteiger charge is -2.37. The van der Waals surface area contributed by atoms with E-state index in [1.807, 2.05) is 21.3 Å². The van der Waals surface area contributed by atoms with Crippen LogP contribution in [-0.2, 0) is 4.65 Å². The van der Waals surface area contributed by atoms with E-state index in [4.69, 9.17) is 4.65 Å². The summed E-state index contributed by atoms with van der Waals surface area (Å²) >= 11 is 0. The minimum atomic E-state index is -1.01. The molecule has 0 aromatic heterocycles. The fourth-order valence-electron chi connectivity index (χ4n) is 6.01. The maximum atomic E-state index is 10.7. The van der Waals surface area contributed by atoms with Crippen molar-refractivity contribution in [1.29, 1.82) is 0 Å². The second-order valence-electron chi connectivity index (χ2n) is 12.0. The average molecular weight is 531 g/mol. The minimum Gasteiger partial charge on any atom is -0.427 e. The molecule has 41 heavy (non-hydrogen) atoms. The topological polar surface area (TPSA) is 29.5 Å². The summed E-state index contributed by atoms with van der Waals surface area (Å²) in [6.45, 7) is 7.41. The summed E-state index contributed by atoms with van der Waals surface area (Å²) in [5.41, 5.74) is 1.65. The average Bonchev–Trinajstić information content (AvgIpc) is 2.98. The molecule has 0 fully saturated rings. The lowest BCUT2D eigenvalue weighted by molar-refractivity contribution is -0.0892. The van der Waals surface area contributed by atoms with Crippen molar-refractivity contribution >= 4 is 66.8 Å². The van der Waals surface area contributed by atoms with Crippen molar-refractivity contribution in [3.8, 4) is 11.1 Å².